The molecular formula is C24H23FN4O6S. The van der Waals surface area contributed by atoms with Gasteiger partial charge in [0.2, 0.25) is 5.91 Å². The zero-order valence-electron chi connectivity index (χ0n) is 19.1. The summed E-state index contributed by atoms with van der Waals surface area (Å²) in [6.45, 7) is 2.28. The van der Waals surface area contributed by atoms with E-state index in [2.05, 4.69) is 10.3 Å². The molecule has 12 heteroatoms. The number of furan rings is 1. The van der Waals surface area contributed by atoms with E-state index >= 15 is 0 Å². The van der Waals surface area contributed by atoms with Gasteiger partial charge < -0.3 is 19.9 Å². The van der Waals surface area contributed by atoms with Gasteiger partial charge in [0, 0.05) is 11.9 Å². The first-order chi connectivity index (χ1) is 17.3. The average Bonchev–Trinajstić information content (AvgIpc) is 3.51. The molecule has 0 fully saturated rings. The van der Waals surface area contributed by atoms with Crippen molar-refractivity contribution in [3.05, 3.63) is 78.1 Å². The molecule has 0 aliphatic heterocycles. The third kappa shape index (κ3) is 6.92. The van der Waals surface area contributed by atoms with Crippen LogP contribution in [0.3, 0.4) is 0 Å². The Morgan fingerprint density at radius 3 is 2.44 bits per heavy atom. The van der Waals surface area contributed by atoms with Crippen LogP contribution in [-0.4, -0.2) is 42.6 Å². The Morgan fingerprint density at radius 2 is 1.83 bits per heavy atom. The largest absolute Gasteiger partial charge is 0.473 e. The van der Waals surface area contributed by atoms with Gasteiger partial charge in [-0.1, -0.05) is 30.8 Å². The maximum absolute atomic E-state index is 13.2. The van der Waals surface area contributed by atoms with Crippen LogP contribution in [0.25, 0.3) is 11.2 Å². The second kappa shape index (κ2) is 12.5. The Morgan fingerprint density at radius 1 is 1.11 bits per heavy atom. The van der Waals surface area contributed by atoms with E-state index in [1.807, 2.05) is 29.7 Å². The summed E-state index contributed by atoms with van der Waals surface area (Å²) in [6, 6.07) is 13.2. The van der Waals surface area contributed by atoms with Crippen molar-refractivity contribution >= 4 is 40.8 Å². The van der Waals surface area contributed by atoms with Crippen LogP contribution in [0.4, 0.5) is 4.39 Å². The number of halogens is 1. The predicted molar refractivity (Wildman–Crippen MR) is 129 cm³/mol. The first-order valence-corrected chi connectivity index (χ1v) is 11.7. The maximum Gasteiger partial charge on any atom is 0.414 e. The number of rotatable bonds is 8. The number of hydrogen-bond acceptors (Lipinski definition) is 7. The molecule has 0 aliphatic rings. The number of fused-ring (bicyclic) bond motifs is 1. The highest BCUT2D eigenvalue weighted by atomic mass is 32.2. The standard InChI is InChI=1S/C22H21FN4O2S.C2H2O4/c1-2-19(21(28)25-13-17-5-4-12-29-17)27-20-18(6-3-11-24-20)26-22(27)30-14-15-7-9-16(23)10-8-15;3-1(4)2(5)6/h3-12,19H,2,13-14H2,1H3,(H,25,28);(H,3,4)(H,5,6). The lowest BCUT2D eigenvalue weighted by Crippen LogP contribution is -2.32. The van der Waals surface area contributed by atoms with Crippen molar-refractivity contribution in [2.75, 3.05) is 0 Å². The van der Waals surface area contributed by atoms with Gasteiger partial charge in [-0.2, -0.15) is 0 Å². The second-order valence-electron chi connectivity index (χ2n) is 7.36. The van der Waals surface area contributed by atoms with E-state index in [1.165, 1.54) is 23.9 Å². The first-order valence-electron chi connectivity index (χ1n) is 10.8. The summed E-state index contributed by atoms with van der Waals surface area (Å²) in [5, 5.41) is 18.4. The molecule has 0 bridgehead atoms. The van der Waals surface area contributed by atoms with Crippen LogP contribution in [0, 0.1) is 5.82 Å². The number of nitrogens with one attached hydrogen (secondary N) is 1. The van der Waals surface area contributed by atoms with Crippen LogP contribution >= 0.6 is 11.8 Å². The lowest BCUT2D eigenvalue weighted by molar-refractivity contribution is -0.159. The Bertz CT molecular complexity index is 1310. The van der Waals surface area contributed by atoms with E-state index in [4.69, 9.17) is 29.2 Å². The van der Waals surface area contributed by atoms with Crippen LogP contribution < -0.4 is 5.32 Å². The van der Waals surface area contributed by atoms with E-state index < -0.39 is 18.0 Å². The van der Waals surface area contributed by atoms with Gasteiger partial charge >= 0.3 is 11.9 Å². The molecule has 1 aromatic carbocycles. The summed E-state index contributed by atoms with van der Waals surface area (Å²) in [6.07, 6.45) is 3.86. The normalized spacial score (nSPS) is 11.4. The number of hydrogen-bond donors (Lipinski definition) is 3. The fourth-order valence-corrected chi connectivity index (χ4v) is 4.21. The van der Waals surface area contributed by atoms with Gasteiger partial charge in [-0.15, -0.1) is 0 Å². The van der Waals surface area contributed by atoms with E-state index in [0.29, 0.717) is 35.3 Å². The lowest BCUT2D eigenvalue weighted by Gasteiger charge is -2.19. The Kier molecular flexibility index (Phi) is 9.17. The molecule has 0 radical (unpaired) electrons. The summed E-state index contributed by atoms with van der Waals surface area (Å²) >= 11 is 1.50. The minimum Gasteiger partial charge on any atom is -0.473 e. The quantitative estimate of drug-likeness (QED) is 0.235. The maximum atomic E-state index is 13.2. The van der Waals surface area contributed by atoms with Crippen LogP contribution in [0.5, 0.6) is 0 Å². The molecule has 3 heterocycles. The third-order valence-corrected chi connectivity index (χ3v) is 5.92. The van der Waals surface area contributed by atoms with Gasteiger partial charge in [0.05, 0.1) is 12.8 Å². The number of aromatic nitrogens is 3. The van der Waals surface area contributed by atoms with Crippen molar-refractivity contribution in [2.24, 2.45) is 0 Å². The topological polar surface area (TPSA) is 148 Å². The molecule has 36 heavy (non-hydrogen) atoms. The monoisotopic (exact) mass is 514 g/mol. The fourth-order valence-electron chi connectivity index (χ4n) is 3.21. The second-order valence-corrected chi connectivity index (χ2v) is 8.30. The molecule has 1 unspecified atom stereocenters. The molecule has 0 saturated heterocycles. The molecule has 10 nitrogen and oxygen atoms in total. The van der Waals surface area contributed by atoms with Gasteiger partial charge in [-0.3, -0.25) is 9.36 Å². The Hall–Kier alpha value is -4.19. The van der Waals surface area contributed by atoms with Crippen LogP contribution in [0.15, 0.2) is 70.6 Å². The number of imidazole rings is 1. The van der Waals surface area contributed by atoms with Crippen molar-refractivity contribution in [2.45, 2.75) is 36.8 Å². The molecule has 188 valence electrons. The van der Waals surface area contributed by atoms with Crippen molar-refractivity contribution in [1.29, 1.82) is 0 Å². The summed E-state index contributed by atoms with van der Waals surface area (Å²) in [4.78, 5) is 40.4. The highest BCUT2D eigenvalue weighted by Crippen LogP contribution is 2.30. The van der Waals surface area contributed by atoms with Gasteiger partial charge in [0.25, 0.3) is 0 Å². The number of aliphatic carboxylic acids is 2. The predicted octanol–water partition coefficient (Wildman–Crippen LogP) is 3.88. The Balaban J connectivity index is 0.000000538. The van der Waals surface area contributed by atoms with Crippen LogP contribution in [-0.2, 0) is 26.7 Å². The average molecular weight is 515 g/mol. The zero-order chi connectivity index (χ0) is 26.1. The van der Waals surface area contributed by atoms with Gasteiger partial charge in [-0.05, 0) is 48.4 Å². The van der Waals surface area contributed by atoms with Crippen molar-refractivity contribution in [3.63, 3.8) is 0 Å². The molecule has 4 rings (SSSR count). The van der Waals surface area contributed by atoms with E-state index in [1.54, 1.807) is 30.7 Å². The summed E-state index contributed by atoms with van der Waals surface area (Å²) in [5.74, 6) is -2.74. The number of carbonyl (C=O) groups excluding carboxylic acids is 1. The number of carboxylic acids is 2. The molecule has 0 spiro atoms. The third-order valence-electron chi connectivity index (χ3n) is 4.90. The van der Waals surface area contributed by atoms with E-state index in [9.17, 15) is 9.18 Å². The van der Waals surface area contributed by atoms with Gasteiger partial charge in [-0.25, -0.2) is 23.9 Å². The molecule has 3 N–H and O–H groups in total. The first kappa shape index (κ1) is 26.4. The SMILES string of the molecule is CCC(C(=O)NCc1ccco1)n1c(SCc2ccc(F)cc2)nc2cccnc21.O=C(O)C(=O)O. The van der Waals surface area contributed by atoms with Gasteiger partial charge in [0.15, 0.2) is 10.8 Å². The van der Waals surface area contributed by atoms with E-state index in [-0.39, 0.29) is 11.7 Å². The number of nitrogens with zero attached hydrogens (tertiary/aromatic N) is 3. The molecule has 1 atom stereocenters. The number of carboxylic acid groups (broad SMARTS) is 2. The number of carbonyl (C=O) groups is 3. The smallest absolute Gasteiger partial charge is 0.414 e. The lowest BCUT2D eigenvalue weighted by atomic mass is 10.2. The molecular weight excluding hydrogens is 491 g/mol. The number of amides is 1. The van der Waals surface area contributed by atoms with Crippen molar-refractivity contribution < 1.29 is 33.4 Å². The molecule has 1 amide bonds. The van der Waals surface area contributed by atoms with Crippen LogP contribution in [0.1, 0.15) is 30.7 Å². The highest BCUT2D eigenvalue weighted by molar-refractivity contribution is 7.98. The molecule has 0 saturated carbocycles. The van der Waals surface area contributed by atoms with E-state index in [0.717, 1.165) is 11.1 Å². The van der Waals surface area contributed by atoms with Gasteiger partial charge in [0.1, 0.15) is 23.1 Å². The minimum absolute atomic E-state index is 0.123. The number of pyridine rings is 1. The minimum atomic E-state index is -1.82. The molecule has 0 aliphatic carbocycles. The van der Waals surface area contributed by atoms with Crippen molar-refractivity contribution in [1.82, 2.24) is 19.9 Å². The molecule has 3 aromatic heterocycles. The molecule has 4 aromatic rings. The van der Waals surface area contributed by atoms with Crippen molar-refractivity contribution in [3.8, 4) is 0 Å². The summed E-state index contributed by atoms with van der Waals surface area (Å²) < 4.78 is 20.4. The van der Waals surface area contributed by atoms with Crippen LogP contribution in [0.2, 0.25) is 0 Å². The zero-order valence-corrected chi connectivity index (χ0v) is 19.9. The fraction of sp³-hybridized carbons (Fsp3) is 0.208. The Labute approximate surface area is 209 Å². The number of thioether (sulfide) groups is 1. The summed E-state index contributed by atoms with van der Waals surface area (Å²) in [5.41, 5.74) is 2.37. The highest BCUT2D eigenvalue weighted by Gasteiger charge is 2.25. The number of benzene rings is 1. The summed E-state index contributed by atoms with van der Waals surface area (Å²) in [7, 11) is 0.